The average Bonchev–Trinajstić information content (AvgIpc) is 3.28. The number of rotatable bonds is 3. The number of amides is 1. The predicted octanol–water partition coefficient (Wildman–Crippen LogP) is 4.99. The summed E-state index contributed by atoms with van der Waals surface area (Å²) < 4.78 is 5.82. The van der Waals surface area contributed by atoms with E-state index in [0.717, 1.165) is 16.5 Å². The van der Waals surface area contributed by atoms with Crippen molar-refractivity contribution in [2.24, 2.45) is 0 Å². The first kappa shape index (κ1) is 17.4. The van der Waals surface area contributed by atoms with E-state index in [9.17, 15) is 4.79 Å². The van der Waals surface area contributed by atoms with Gasteiger partial charge < -0.3 is 9.73 Å². The molecular weight excluding hydrogens is 378 g/mol. The van der Waals surface area contributed by atoms with Crippen LogP contribution in [0.15, 0.2) is 64.4 Å². The quantitative estimate of drug-likeness (QED) is 0.480. The number of carbonyl (C=O) groups is 1. The Balaban J connectivity index is 1.43. The summed E-state index contributed by atoms with van der Waals surface area (Å²) in [6.07, 6.45) is 0. The molecule has 4 aromatic rings. The minimum absolute atomic E-state index is 0.200. The first-order valence-electron chi connectivity index (χ1n) is 8.22. The van der Waals surface area contributed by atoms with Gasteiger partial charge in [-0.3, -0.25) is 10.1 Å². The molecule has 0 saturated carbocycles. The Morgan fingerprint density at radius 1 is 1.15 bits per heavy atom. The number of fused-ring (bicyclic) bond motifs is 1. The molecule has 4 rings (SSSR count). The summed E-state index contributed by atoms with van der Waals surface area (Å²) in [4.78, 5) is 16.7. The largest absolute Gasteiger partial charge is 0.454 e. The Labute approximate surface area is 165 Å². The number of hydrogen-bond acceptors (Lipinski definition) is 5. The van der Waals surface area contributed by atoms with Crippen molar-refractivity contribution in [2.75, 3.05) is 5.32 Å². The van der Waals surface area contributed by atoms with Crippen LogP contribution in [0.5, 0.6) is 0 Å². The highest BCUT2D eigenvalue weighted by atomic mass is 32.1. The SMILES string of the molecule is Cc1ccc(C(=O)NC(=S)Nc2nc(-c3cc4ccccc4o3)cs2)cc1. The fourth-order valence-electron chi connectivity index (χ4n) is 2.56. The van der Waals surface area contributed by atoms with Crippen molar-refractivity contribution in [1.82, 2.24) is 10.3 Å². The van der Waals surface area contributed by atoms with E-state index in [1.54, 1.807) is 12.1 Å². The van der Waals surface area contributed by atoms with E-state index in [1.807, 2.05) is 54.8 Å². The smallest absolute Gasteiger partial charge is 0.257 e. The van der Waals surface area contributed by atoms with Gasteiger partial charge >= 0.3 is 0 Å². The van der Waals surface area contributed by atoms with Crippen molar-refractivity contribution >= 4 is 50.7 Å². The summed E-state index contributed by atoms with van der Waals surface area (Å²) in [6.45, 7) is 1.97. The van der Waals surface area contributed by atoms with Gasteiger partial charge in [-0.2, -0.15) is 0 Å². The van der Waals surface area contributed by atoms with Crippen LogP contribution < -0.4 is 10.6 Å². The molecule has 27 heavy (non-hydrogen) atoms. The highest BCUT2D eigenvalue weighted by Crippen LogP contribution is 2.30. The molecule has 0 aliphatic carbocycles. The zero-order chi connectivity index (χ0) is 18.8. The fourth-order valence-corrected chi connectivity index (χ4v) is 3.52. The van der Waals surface area contributed by atoms with Gasteiger partial charge in [0, 0.05) is 16.3 Å². The molecule has 1 amide bonds. The van der Waals surface area contributed by atoms with Crippen LogP contribution in [-0.2, 0) is 0 Å². The van der Waals surface area contributed by atoms with Crippen molar-refractivity contribution < 1.29 is 9.21 Å². The first-order chi connectivity index (χ1) is 13.1. The summed E-state index contributed by atoms with van der Waals surface area (Å²) in [7, 11) is 0. The van der Waals surface area contributed by atoms with Crippen molar-refractivity contribution in [3.63, 3.8) is 0 Å². The van der Waals surface area contributed by atoms with Crippen molar-refractivity contribution in [3.05, 3.63) is 71.1 Å². The number of aromatic nitrogens is 1. The Hall–Kier alpha value is -3.03. The van der Waals surface area contributed by atoms with Gasteiger partial charge in [-0.1, -0.05) is 35.9 Å². The molecular formula is C20H15N3O2S2. The van der Waals surface area contributed by atoms with Gasteiger partial charge in [-0.15, -0.1) is 11.3 Å². The standard InChI is InChI=1S/C20H15N3O2S2/c1-12-6-8-13(9-7-12)18(24)22-19(26)23-20-21-15(11-27-20)17-10-14-4-2-3-5-16(14)25-17/h2-11H,1H3,(H2,21,22,23,24,26). The number of furan rings is 1. The Morgan fingerprint density at radius 3 is 2.70 bits per heavy atom. The Morgan fingerprint density at radius 2 is 1.93 bits per heavy atom. The maximum atomic E-state index is 12.2. The first-order valence-corrected chi connectivity index (χ1v) is 9.51. The van der Waals surface area contributed by atoms with Crippen LogP contribution in [0.4, 0.5) is 5.13 Å². The number of benzene rings is 2. The molecule has 5 nitrogen and oxygen atoms in total. The minimum atomic E-state index is -0.262. The lowest BCUT2D eigenvalue weighted by Gasteiger charge is -2.07. The normalized spacial score (nSPS) is 10.7. The molecule has 0 aliphatic rings. The molecule has 0 saturated heterocycles. The summed E-state index contributed by atoms with van der Waals surface area (Å²) in [5.74, 6) is 0.427. The second-order valence-electron chi connectivity index (χ2n) is 5.96. The van der Waals surface area contributed by atoms with Crippen LogP contribution in [0, 0.1) is 6.92 Å². The monoisotopic (exact) mass is 393 g/mol. The molecule has 2 heterocycles. The topological polar surface area (TPSA) is 67.2 Å². The maximum Gasteiger partial charge on any atom is 0.257 e. The molecule has 0 atom stereocenters. The molecule has 134 valence electrons. The van der Waals surface area contributed by atoms with Crippen LogP contribution >= 0.6 is 23.6 Å². The molecule has 0 bridgehead atoms. The van der Waals surface area contributed by atoms with Crippen molar-refractivity contribution in [3.8, 4) is 11.5 Å². The summed E-state index contributed by atoms with van der Waals surface area (Å²) in [6, 6.07) is 17.0. The third-order valence-electron chi connectivity index (χ3n) is 3.94. The van der Waals surface area contributed by atoms with Crippen LogP contribution in [0.2, 0.25) is 0 Å². The molecule has 7 heteroatoms. The van der Waals surface area contributed by atoms with Crippen LogP contribution in [-0.4, -0.2) is 16.0 Å². The van der Waals surface area contributed by atoms with Gasteiger partial charge in [0.25, 0.3) is 5.91 Å². The molecule has 0 unspecified atom stereocenters. The molecule has 2 aromatic heterocycles. The molecule has 2 N–H and O–H groups in total. The highest BCUT2D eigenvalue weighted by molar-refractivity contribution is 7.80. The van der Waals surface area contributed by atoms with Gasteiger partial charge in [0.1, 0.15) is 11.3 Å². The third-order valence-corrected chi connectivity index (χ3v) is 4.91. The second kappa shape index (κ2) is 7.30. The highest BCUT2D eigenvalue weighted by Gasteiger charge is 2.12. The van der Waals surface area contributed by atoms with E-state index >= 15 is 0 Å². The average molecular weight is 393 g/mol. The number of thiocarbonyl (C=S) groups is 1. The minimum Gasteiger partial charge on any atom is -0.454 e. The third kappa shape index (κ3) is 3.89. The van der Waals surface area contributed by atoms with E-state index in [2.05, 4.69) is 15.6 Å². The number of hydrogen-bond donors (Lipinski definition) is 2. The lowest BCUT2D eigenvalue weighted by Crippen LogP contribution is -2.34. The van der Waals surface area contributed by atoms with Crippen LogP contribution in [0.1, 0.15) is 15.9 Å². The second-order valence-corrected chi connectivity index (χ2v) is 7.23. The van der Waals surface area contributed by atoms with Crippen molar-refractivity contribution in [1.29, 1.82) is 0 Å². The molecule has 0 radical (unpaired) electrons. The summed E-state index contributed by atoms with van der Waals surface area (Å²) in [5, 5.41) is 9.29. The number of nitrogens with zero attached hydrogens (tertiary/aromatic N) is 1. The van der Waals surface area contributed by atoms with Gasteiger partial charge in [-0.05, 0) is 43.4 Å². The fraction of sp³-hybridized carbons (Fsp3) is 0.0500. The lowest BCUT2D eigenvalue weighted by molar-refractivity contribution is 0.0977. The van der Waals surface area contributed by atoms with E-state index < -0.39 is 0 Å². The van der Waals surface area contributed by atoms with E-state index in [0.29, 0.717) is 22.1 Å². The van der Waals surface area contributed by atoms with Gasteiger partial charge in [0.2, 0.25) is 0 Å². The van der Waals surface area contributed by atoms with Crippen LogP contribution in [0.25, 0.3) is 22.4 Å². The van der Waals surface area contributed by atoms with E-state index in [4.69, 9.17) is 16.6 Å². The summed E-state index contributed by atoms with van der Waals surface area (Å²) in [5.41, 5.74) is 3.17. The zero-order valence-corrected chi connectivity index (χ0v) is 16.0. The number of anilines is 1. The zero-order valence-electron chi connectivity index (χ0n) is 14.4. The van der Waals surface area contributed by atoms with E-state index in [1.165, 1.54) is 11.3 Å². The number of aryl methyl sites for hydroxylation is 1. The number of carbonyl (C=O) groups excluding carboxylic acids is 1. The van der Waals surface area contributed by atoms with Crippen molar-refractivity contribution in [2.45, 2.75) is 6.92 Å². The number of thiazole rings is 1. The number of nitrogens with one attached hydrogen (secondary N) is 2. The molecule has 0 spiro atoms. The summed E-state index contributed by atoms with van der Waals surface area (Å²) >= 11 is 6.60. The lowest BCUT2D eigenvalue weighted by atomic mass is 10.1. The van der Waals surface area contributed by atoms with Gasteiger partial charge in [0.15, 0.2) is 16.0 Å². The van der Waals surface area contributed by atoms with E-state index in [-0.39, 0.29) is 11.0 Å². The Bertz CT molecular complexity index is 1100. The molecule has 2 aromatic carbocycles. The number of para-hydroxylation sites is 1. The molecule has 0 fully saturated rings. The maximum absolute atomic E-state index is 12.2. The van der Waals surface area contributed by atoms with Gasteiger partial charge in [-0.25, -0.2) is 4.98 Å². The van der Waals surface area contributed by atoms with Crippen LogP contribution in [0.3, 0.4) is 0 Å². The predicted molar refractivity (Wildman–Crippen MR) is 112 cm³/mol. The Kier molecular flexibility index (Phi) is 4.70. The van der Waals surface area contributed by atoms with Gasteiger partial charge in [0.05, 0.1) is 0 Å². The molecule has 0 aliphatic heterocycles.